The molecule has 0 spiro atoms. The molecule has 0 aromatic carbocycles. The molecule has 1 N–H and O–H groups in total. The van der Waals surface area contributed by atoms with Crippen molar-refractivity contribution in [3.8, 4) is 0 Å². The molecule has 1 fully saturated rings. The van der Waals surface area contributed by atoms with Gasteiger partial charge in [0.15, 0.2) is 0 Å². The zero-order chi connectivity index (χ0) is 7.68. The van der Waals surface area contributed by atoms with Crippen molar-refractivity contribution in [1.29, 1.82) is 0 Å². The molecule has 60 valence electrons. The van der Waals surface area contributed by atoms with Crippen molar-refractivity contribution >= 4 is 0 Å². The van der Waals surface area contributed by atoms with Gasteiger partial charge in [0, 0.05) is 5.92 Å². The Hall–Kier alpha value is -0.560. The molecule has 2 atom stereocenters. The fourth-order valence-electron chi connectivity index (χ4n) is 2.09. The number of hydrogen-bond acceptors (Lipinski definition) is 1. The normalized spacial score (nSPS) is 36.3. The highest BCUT2D eigenvalue weighted by Crippen LogP contribution is 2.34. The summed E-state index contributed by atoms with van der Waals surface area (Å²) in [7, 11) is 0. The van der Waals surface area contributed by atoms with Crippen LogP contribution in [0.3, 0.4) is 0 Å². The SMILES string of the molecule is OC1C=CC=C2CCCCC21. The Bertz CT molecular complexity index is 203. The Kier molecular flexibility index (Phi) is 1.82. The topological polar surface area (TPSA) is 20.2 Å². The minimum atomic E-state index is -0.199. The minimum absolute atomic E-state index is 0.199. The van der Waals surface area contributed by atoms with Crippen LogP contribution in [0.25, 0.3) is 0 Å². The second kappa shape index (κ2) is 2.82. The van der Waals surface area contributed by atoms with Gasteiger partial charge in [-0.3, -0.25) is 0 Å². The summed E-state index contributed by atoms with van der Waals surface area (Å²) in [6.07, 6.45) is 10.8. The van der Waals surface area contributed by atoms with Gasteiger partial charge in [-0.05, 0) is 19.3 Å². The number of rotatable bonds is 0. The molecule has 11 heavy (non-hydrogen) atoms. The standard InChI is InChI=1S/C10H14O/c11-10-7-3-5-8-4-1-2-6-9(8)10/h3,5,7,9-11H,1-2,4,6H2. The first-order valence-corrected chi connectivity index (χ1v) is 4.43. The van der Waals surface area contributed by atoms with E-state index >= 15 is 0 Å². The van der Waals surface area contributed by atoms with E-state index in [9.17, 15) is 5.11 Å². The number of aliphatic hydroxyl groups is 1. The van der Waals surface area contributed by atoms with Crippen molar-refractivity contribution in [3.63, 3.8) is 0 Å². The minimum Gasteiger partial charge on any atom is -0.388 e. The Morgan fingerprint density at radius 1 is 1.36 bits per heavy atom. The lowest BCUT2D eigenvalue weighted by Crippen LogP contribution is -2.24. The molecule has 0 bridgehead atoms. The molecular formula is C10H14O. The number of fused-ring (bicyclic) bond motifs is 1. The van der Waals surface area contributed by atoms with Gasteiger partial charge in [-0.1, -0.05) is 30.2 Å². The van der Waals surface area contributed by atoms with Gasteiger partial charge < -0.3 is 5.11 Å². The Balaban J connectivity index is 2.18. The predicted molar refractivity (Wildman–Crippen MR) is 45.2 cm³/mol. The lowest BCUT2D eigenvalue weighted by molar-refractivity contribution is 0.152. The van der Waals surface area contributed by atoms with Gasteiger partial charge in [0.05, 0.1) is 6.10 Å². The molecule has 1 heteroatoms. The molecule has 1 saturated carbocycles. The van der Waals surface area contributed by atoms with Crippen LogP contribution in [-0.4, -0.2) is 11.2 Å². The van der Waals surface area contributed by atoms with Crippen LogP contribution in [0.5, 0.6) is 0 Å². The van der Waals surface area contributed by atoms with Gasteiger partial charge in [-0.2, -0.15) is 0 Å². The molecule has 1 nitrogen and oxygen atoms in total. The summed E-state index contributed by atoms with van der Waals surface area (Å²) in [6, 6.07) is 0. The lowest BCUT2D eigenvalue weighted by atomic mass is 9.78. The molecule has 0 aliphatic heterocycles. The summed E-state index contributed by atoms with van der Waals surface area (Å²) in [5.41, 5.74) is 1.46. The van der Waals surface area contributed by atoms with E-state index in [1.807, 2.05) is 12.2 Å². The second-order valence-corrected chi connectivity index (χ2v) is 3.47. The van der Waals surface area contributed by atoms with Gasteiger partial charge >= 0.3 is 0 Å². The van der Waals surface area contributed by atoms with E-state index < -0.39 is 0 Å². The van der Waals surface area contributed by atoms with Crippen molar-refractivity contribution in [3.05, 3.63) is 23.8 Å². The third-order valence-corrected chi connectivity index (χ3v) is 2.74. The highest BCUT2D eigenvalue weighted by molar-refractivity contribution is 5.25. The molecule has 2 aliphatic carbocycles. The van der Waals surface area contributed by atoms with Crippen LogP contribution < -0.4 is 0 Å². The van der Waals surface area contributed by atoms with Crippen LogP contribution in [0.15, 0.2) is 23.8 Å². The van der Waals surface area contributed by atoms with E-state index in [0.29, 0.717) is 5.92 Å². The van der Waals surface area contributed by atoms with E-state index in [1.165, 1.54) is 31.3 Å². The maximum atomic E-state index is 9.58. The maximum Gasteiger partial charge on any atom is 0.0789 e. The van der Waals surface area contributed by atoms with E-state index in [2.05, 4.69) is 6.08 Å². The smallest absolute Gasteiger partial charge is 0.0789 e. The Labute approximate surface area is 67.4 Å². The molecule has 0 aromatic rings. The van der Waals surface area contributed by atoms with Crippen molar-refractivity contribution in [2.45, 2.75) is 31.8 Å². The van der Waals surface area contributed by atoms with Gasteiger partial charge in [-0.15, -0.1) is 0 Å². The molecule has 0 heterocycles. The first kappa shape index (κ1) is 7.11. The highest BCUT2D eigenvalue weighted by atomic mass is 16.3. The fourth-order valence-corrected chi connectivity index (χ4v) is 2.09. The fraction of sp³-hybridized carbons (Fsp3) is 0.600. The molecule has 0 saturated heterocycles. The summed E-state index contributed by atoms with van der Waals surface area (Å²) in [5, 5.41) is 9.58. The Morgan fingerprint density at radius 2 is 2.27 bits per heavy atom. The summed E-state index contributed by atoms with van der Waals surface area (Å²) in [5.74, 6) is 0.453. The lowest BCUT2D eigenvalue weighted by Gasteiger charge is -2.30. The average Bonchev–Trinajstić information content (AvgIpc) is 2.06. The summed E-state index contributed by atoms with van der Waals surface area (Å²) < 4.78 is 0. The summed E-state index contributed by atoms with van der Waals surface area (Å²) in [6.45, 7) is 0. The van der Waals surface area contributed by atoms with Crippen molar-refractivity contribution in [2.75, 3.05) is 0 Å². The van der Waals surface area contributed by atoms with E-state index in [1.54, 1.807) is 0 Å². The molecule has 0 aromatic heterocycles. The average molecular weight is 150 g/mol. The second-order valence-electron chi connectivity index (χ2n) is 3.47. The zero-order valence-electron chi connectivity index (χ0n) is 6.66. The first-order chi connectivity index (χ1) is 5.38. The largest absolute Gasteiger partial charge is 0.388 e. The van der Waals surface area contributed by atoms with Crippen LogP contribution >= 0.6 is 0 Å². The monoisotopic (exact) mass is 150 g/mol. The quantitative estimate of drug-likeness (QED) is 0.560. The van der Waals surface area contributed by atoms with Crippen molar-refractivity contribution in [2.24, 2.45) is 5.92 Å². The predicted octanol–water partition coefficient (Wildman–Crippen LogP) is 2.03. The van der Waals surface area contributed by atoms with E-state index in [4.69, 9.17) is 0 Å². The van der Waals surface area contributed by atoms with Gasteiger partial charge in [0.2, 0.25) is 0 Å². The van der Waals surface area contributed by atoms with Crippen molar-refractivity contribution in [1.82, 2.24) is 0 Å². The van der Waals surface area contributed by atoms with Gasteiger partial charge in [0.1, 0.15) is 0 Å². The number of hydrogen-bond donors (Lipinski definition) is 1. The van der Waals surface area contributed by atoms with Gasteiger partial charge in [-0.25, -0.2) is 0 Å². The zero-order valence-corrected chi connectivity index (χ0v) is 6.66. The van der Waals surface area contributed by atoms with Crippen LogP contribution in [0.4, 0.5) is 0 Å². The van der Waals surface area contributed by atoms with Gasteiger partial charge in [0.25, 0.3) is 0 Å². The highest BCUT2D eigenvalue weighted by Gasteiger charge is 2.25. The maximum absolute atomic E-state index is 9.58. The van der Waals surface area contributed by atoms with Crippen LogP contribution in [-0.2, 0) is 0 Å². The number of aliphatic hydroxyl groups excluding tert-OH is 1. The van der Waals surface area contributed by atoms with Crippen molar-refractivity contribution < 1.29 is 5.11 Å². The molecule has 0 amide bonds. The summed E-state index contributed by atoms with van der Waals surface area (Å²) >= 11 is 0. The van der Waals surface area contributed by atoms with E-state index in [-0.39, 0.29) is 6.10 Å². The molecule has 2 aliphatic rings. The third-order valence-electron chi connectivity index (χ3n) is 2.74. The molecule has 2 unspecified atom stereocenters. The molecule has 0 radical (unpaired) electrons. The summed E-state index contributed by atoms with van der Waals surface area (Å²) in [4.78, 5) is 0. The first-order valence-electron chi connectivity index (χ1n) is 4.43. The third kappa shape index (κ3) is 1.25. The van der Waals surface area contributed by atoms with Crippen LogP contribution in [0, 0.1) is 5.92 Å². The molecule has 2 rings (SSSR count). The van der Waals surface area contributed by atoms with Crippen LogP contribution in [0.2, 0.25) is 0 Å². The Morgan fingerprint density at radius 3 is 3.09 bits per heavy atom. The number of allylic oxidation sites excluding steroid dienone is 2. The van der Waals surface area contributed by atoms with Crippen LogP contribution in [0.1, 0.15) is 25.7 Å². The molecular weight excluding hydrogens is 136 g/mol. The van der Waals surface area contributed by atoms with E-state index in [0.717, 1.165) is 0 Å².